The number of hydrogen-bond donors (Lipinski definition) is 1. The second-order valence-electron chi connectivity index (χ2n) is 5.26. The van der Waals surface area contributed by atoms with Crippen molar-refractivity contribution in [3.05, 3.63) is 0 Å². The molecular weight excluding hydrogens is 222 g/mol. The summed E-state index contributed by atoms with van der Waals surface area (Å²) in [6.45, 7) is 10.9. The number of unbranched alkanes of at least 4 members (excludes halogenated alkanes) is 4. The lowest BCUT2D eigenvalue weighted by Crippen LogP contribution is -2.13. The first-order chi connectivity index (χ1) is 8.85. The predicted molar refractivity (Wildman–Crippen MR) is 81.1 cm³/mol. The van der Waals surface area contributed by atoms with Gasteiger partial charge in [-0.15, -0.1) is 0 Å². The van der Waals surface area contributed by atoms with Crippen molar-refractivity contribution in [2.45, 2.75) is 72.1 Å². The molecule has 2 heteroatoms. The molecule has 0 spiro atoms. The van der Waals surface area contributed by atoms with Crippen LogP contribution in [0.3, 0.4) is 0 Å². The predicted octanol–water partition coefficient (Wildman–Crippen LogP) is 4.39. The Morgan fingerprint density at radius 2 is 1.72 bits per heavy atom. The first-order valence-corrected chi connectivity index (χ1v) is 8.13. The van der Waals surface area contributed by atoms with E-state index >= 15 is 0 Å². The topological polar surface area (TPSA) is 21.3 Å². The molecule has 0 aromatic heterocycles. The maximum absolute atomic E-state index is 5.80. The fourth-order valence-corrected chi connectivity index (χ4v) is 2.13. The minimum Gasteiger partial charge on any atom is -0.381 e. The van der Waals surface area contributed by atoms with E-state index in [-0.39, 0.29) is 0 Å². The van der Waals surface area contributed by atoms with E-state index in [2.05, 4.69) is 26.1 Å². The molecule has 0 bridgehead atoms. The third-order valence-electron chi connectivity index (χ3n) is 3.54. The lowest BCUT2D eigenvalue weighted by atomic mass is 10.0. The Morgan fingerprint density at radius 3 is 2.39 bits per heavy atom. The smallest absolute Gasteiger partial charge is 0.0494 e. The van der Waals surface area contributed by atoms with Crippen molar-refractivity contribution in [2.75, 3.05) is 26.3 Å². The van der Waals surface area contributed by atoms with Crippen molar-refractivity contribution >= 4 is 0 Å². The Bertz CT molecular complexity index is 150. The minimum absolute atomic E-state index is 0.790. The molecular formula is C16H35NO. The number of hydrogen-bond acceptors (Lipinski definition) is 2. The molecule has 0 saturated carbocycles. The summed E-state index contributed by atoms with van der Waals surface area (Å²) >= 11 is 0. The molecule has 1 unspecified atom stereocenters. The van der Waals surface area contributed by atoms with E-state index in [1.807, 2.05) is 0 Å². The van der Waals surface area contributed by atoms with Gasteiger partial charge in [-0.3, -0.25) is 0 Å². The zero-order valence-corrected chi connectivity index (χ0v) is 13.0. The van der Waals surface area contributed by atoms with Crippen molar-refractivity contribution < 1.29 is 4.74 Å². The van der Waals surface area contributed by atoms with E-state index in [1.54, 1.807) is 0 Å². The molecule has 18 heavy (non-hydrogen) atoms. The molecule has 0 fully saturated rings. The van der Waals surface area contributed by atoms with Gasteiger partial charge in [0.25, 0.3) is 0 Å². The van der Waals surface area contributed by atoms with E-state index in [0.29, 0.717) is 0 Å². The average Bonchev–Trinajstić information content (AvgIpc) is 2.40. The van der Waals surface area contributed by atoms with Gasteiger partial charge in [-0.2, -0.15) is 0 Å². The molecule has 0 amide bonds. The van der Waals surface area contributed by atoms with Crippen molar-refractivity contribution in [1.29, 1.82) is 0 Å². The Hall–Kier alpha value is -0.0800. The molecule has 110 valence electrons. The summed E-state index contributed by atoms with van der Waals surface area (Å²) < 4.78 is 5.80. The van der Waals surface area contributed by atoms with Crippen LogP contribution >= 0.6 is 0 Å². The van der Waals surface area contributed by atoms with Gasteiger partial charge in [-0.1, -0.05) is 52.9 Å². The summed E-state index contributed by atoms with van der Waals surface area (Å²) in [5.41, 5.74) is 0. The van der Waals surface area contributed by atoms with E-state index in [0.717, 1.165) is 25.7 Å². The molecule has 0 saturated heterocycles. The Balaban J connectivity index is 3.17. The summed E-state index contributed by atoms with van der Waals surface area (Å²) in [6, 6.07) is 0. The molecule has 1 atom stereocenters. The molecule has 0 rings (SSSR count). The summed E-state index contributed by atoms with van der Waals surface area (Å²) in [4.78, 5) is 0. The van der Waals surface area contributed by atoms with Crippen LogP contribution in [0.15, 0.2) is 0 Å². The van der Waals surface area contributed by atoms with Crippen molar-refractivity contribution in [3.8, 4) is 0 Å². The van der Waals surface area contributed by atoms with Gasteiger partial charge >= 0.3 is 0 Å². The van der Waals surface area contributed by atoms with Crippen LogP contribution in [0.25, 0.3) is 0 Å². The third kappa shape index (κ3) is 12.4. The second kappa shape index (κ2) is 15.0. The Morgan fingerprint density at radius 1 is 0.944 bits per heavy atom. The van der Waals surface area contributed by atoms with Gasteiger partial charge in [-0.05, 0) is 38.3 Å². The Kier molecular flexibility index (Phi) is 14.9. The lowest BCUT2D eigenvalue weighted by Gasteiger charge is -2.14. The second-order valence-corrected chi connectivity index (χ2v) is 5.26. The normalized spacial score (nSPS) is 12.8. The van der Waals surface area contributed by atoms with Crippen LogP contribution in [-0.4, -0.2) is 26.3 Å². The van der Waals surface area contributed by atoms with Crippen molar-refractivity contribution in [2.24, 2.45) is 5.92 Å². The molecule has 0 heterocycles. The Labute approximate surface area is 115 Å². The lowest BCUT2D eigenvalue weighted by molar-refractivity contribution is 0.0908. The molecule has 0 aliphatic rings. The quantitative estimate of drug-likeness (QED) is 0.466. The zero-order valence-electron chi connectivity index (χ0n) is 13.0. The van der Waals surface area contributed by atoms with E-state index in [4.69, 9.17) is 4.74 Å². The highest BCUT2D eigenvalue weighted by molar-refractivity contribution is 4.56. The molecule has 0 aromatic carbocycles. The average molecular weight is 257 g/mol. The zero-order chi connectivity index (χ0) is 13.5. The van der Waals surface area contributed by atoms with Crippen molar-refractivity contribution in [1.82, 2.24) is 5.32 Å². The molecule has 2 nitrogen and oxygen atoms in total. The maximum Gasteiger partial charge on any atom is 0.0494 e. The van der Waals surface area contributed by atoms with Gasteiger partial charge in [0, 0.05) is 13.2 Å². The van der Waals surface area contributed by atoms with E-state index in [9.17, 15) is 0 Å². The molecule has 0 radical (unpaired) electrons. The summed E-state index contributed by atoms with van der Waals surface area (Å²) in [6.07, 6.45) is 10.5. The first kappa shape index (κ1) is 17.9. The summed E-state index contributed by atoms with van der Waals surface area (Å²) in [7, 11) is 0. The summed E-state index contributed by atoms with van der Waals surface area (Å²) in [5.74, 6) is 0.790. The van der Waals surface area contributed by atoms with Crippen LogP contribution in [0, 0.1) is 5.92 Å². The number of rotatable bonds is 14. The van der Waals surface area contributed by atoms with E-state index < -0.39 is 0 Å². The summed E-state index contributed by atoms with van der Waals surface area (Å²) in [5, 5.41) is 3.36. The molecule has 0 aliphatic carbocycles. The number of nitrogens with one attached hydrogen (secondary N) is 1. The van der Waals surface area contributed by atoms with E-state index in [1.165, 1.54) is 57.9 Å². The van der Waals surface area contributed by atoms with Crippen molar-refractivity contribution in [3.63, 3.8) is 0 Å². The van der Waals surface area contributed by atoms with Gasteiger partial charge in [0.1, 0.15) is 0 Å². The van der Waals surface area contributed by atoms with Gasteiger partial charge in [0.15, 0.2) is 0 Å². The van der Waals surface area contributed by atoms with Crippen LogP contribution in [-0.2, 0) is 4.74 Å². The SMILES string of the molecule is CCCCC(CC)COCCCCCCNCC. The van der Waals surface area contributed by atoms with Crippen LogP contribution in [0.4, 0.5) is 0 Å². The first-order valence-electron chi connectivity index (χ1n) is 8.13. The number of ether oxygens (including phenoxy) is 1. The van der Waals surface area contributed by atoms with Crippen LogP contribution in [0.1, 0.15) is 72.1 Å². The minimum atomic E-state index is 0.790. The van der Waals surface area contributed by atoms with Crippen LogP contribution < -0.4 is 5.32 Å². The van der Waals surface area contributed by atoms with Crippen LogP contribution in [0.5, 0.6) is 0 Å². The fourth-order valence-electron chi connectivity index (χ4n) is 2.13. The maximum atomic E-state index is 5.80. The standard InChI is InChI=1S/C16H35NO/c1-4-7-12-16(5-2)15-18-14-11-9-8-10-13-17-6-3/h16-17H,4-15H2,1-3H3. The molecule has 0 aromatic rings. The van der Waals surface area contributed by atoms with Gasteiger partial charge < -0.3 is 10.1 Å². The highest BCUT2D eigenvalue weighted by Crippen LogP contribution is 2.13. The van der Waals surface area contributed by atoms with Gasteiger partial charge in [-0.25, -0.2) is 0 Å². The highest BCUT2D eigenvalue weighted by Gasteiger charge is 2.05. The van der Waals surface area contributed by atoms with Gasteiger partial charge in [0.2, 0.25) is 0 Å². The molecule has 0 aliphatic heterocycles. The highest BCUT2D eigenvalue weighted by atomic mass is 16.5. The molecule has 1 N–H and O–H groups in total. The van der Waals surface area contributed by atoms with Crippen LogP contribution in [0.2, 0.25) is 0 Å². The monoisotopic (exact) mass is 257 g/mol. The third-order valence-corrected chi connectivity index (χ3v) is 3.54. The van der Waals surface area contributed by atoms with Gasteiger partial charge in [0.05, 0.1) is 0 Å². The largest absolute Gasteiger partial charge is 0.381 e. The fraction of sp³-hybridized carbons (Fsp3) is 1.00.